The maximum Gasteiger partial charge on any atom is 0.267 e. The third-order valence-corrected chi connectivity index (χ3v) is 4.58. The highest BCUT2D eigenvalue weighted by Gasteiger charge is 2.15. The predicted octanol–water partition coefficient (Wildman–Crippen LogP) is 3.12. The lowest BCUT2D eigenvalue weighted by Crippen LogP contribution is -2.16. The molecule has 0 bridgehead atoms. The van der Waals surface area contributed by atoms with Crippen LogP contribution in [0.1, 0.15) is 71.1 Å². The Bertz CT molecular complexity index is 278. The molecule has 0 saturated carbocycles. The number of rotatable bonds is 12. The molecular weight excluding hydrogens is 250 g/mol. The lowest BCUT2D eigenvalue weighted by molar-refractivity contribution is 0.461. The van der Waals surface area contributed by atoms with Gasteiger partial charge in [-0.3, -0.25) is 4.55 Å². The third kappa shape index (κ3) is 11.0. The molecule has 0 aliphatic rings. The van der Waals surface area contributed by atoms with Gasteiger partial charge in [-0.1, -0.05) is 51.4 Å². The summed E-state index contributed by atoms with van der Waals surface area (Å²) in [5.74, 6) is 0. The maximum absolute atomic E-state index is 10.8. The van der Waals surface area contributed by atoms with Crippen molar-refractivity contribution in [3.63, 3.8) is 0 Å². The summed E-state index contributed by atoms with van der Waals surface area (Å²) in [6.07, 6.45) is 11.1. The molecule has 0 aliphatic heterocycles. The summed E-state index contributed by atoms with van der Waals surface area (Å²) in [4.78, 5) is 0. The average molecular weight is 279 g/mol. The molecule has 0 aliphatic carbocycles. The van der Waals surface area contributed by atoms with E-state index in [0.717, 1.165) is 32.2 Å². The minimum Gasteiger partial charge on any atom is -0.330 e. The zero-order valence-electron chi connectivity index (χ0n) is 11.6. The first-order chi connectivity index (χ1) is 8.48. The smallest absolute Gasteiger partial charge is 0.267 e. The van der Waals surface area contributed by atoms with Crippen molar-refractivity contribution in [1.29, 1.82) is 0 Å². The molecule has 0 fully saturated rings. The van der Waals surface area contributed by atoms with Crippen LogP contribution in [0.3, 0.4) is 0 Å². The Morgan fingerprint density at radius 1 is 0.889 bits per heavy atom. The second-order valence-electron chi connectivity index (χ2n) is 5.08. The van der Waals surface area contributed by atoms with Gasteiger partial charge in [-0.25, -0.2) is 0 Å². The van der Waals surface area contributed by atoms with E-state index in [1.54, 1.807) is 6.92 Å². The normalized spacial score (nSPS) is 13.7. The number of nitrogens with two attached hydrogens (primary N) is 1. The van der Waals surface area contributed by atoms with Crippen LogP contribution in [0, 0.1) is 0 Å². The Balaban J connectivity index is 3.22. The van der Waals surface area contributed by atoms with Gasteiger partial charge in [0.05, 0.1) is 5.25 Å². The van der Waals surface area contributed by atoms with E-state index in [9.17, 15) is 8.42 Å². The van der Waals surface area contributed by atoms with Gasteiger partial charge in [-0.05, 0) is 26.3 Å². The Morgan fingerprint density at radius 3 is 1.67 bits per heavy atom. The molecule has 0 aromatic rings. The molecule has 18 heavy (non-hydrogen) atoms. The Kier molecular flexibility index (Phi) is 10.7. The fourth-order valence-electron chi connectivity index (χ4n) is 1.96. The van der Waals surface area contributed by atoms with Gasteiger partial charge in [0, 0.05) is 0 Å². The second kappa shape index (κ2) is 10.8. The van der Waals surface area contributed by atoms with Crippen LogP contribution in [0.2, 0.25) is 0 Å². The topological polar surface area (TPSA) is 80.4 Å². The van der Waals surface area contributed by atoms with Crippen molar-refractivity contribution >= 4 is 10.1 Å². The molecule has 0 amide bonds. The Labute approximate surface area is 112 Å². The van der Waals surface area contributed by atoms with Crippen LogP contribution >= 0.6 is 0 Å². The first-order valence-corrected chi connectivity index (χ1v) is 8.65. The summed E-state index contributed by atoms with van der Waals surface area (Å²) >= 11 is 0. The van der Waals surface area contributed by atoms with Crippen LogP contribution in [0.15, 0.2) is 0 Å². The summed E-state index contributed by atoms with van der Waals surface area (Å²) in [5, 5.41) is -0.617. The quantitative estimate of drug-likeness (QED) is 0.425. The number of hydrogen-bond acceptors (Lipinski definition) is 3. The Hall–Kier alpha value is -0.130. The zero-order valence-corrected chi connectivity index (χ0v) is 12.4. The lowest BCUT2D eigenvalue weighted by Gasteiger charge is -2.07. The molecule has 4 nitrogen and oxygen atoms in total. The van der Waals surface area contributed by atoms with Crippen LogP contribution in [0.5, 0.6) is 0 Å². The molecule has 0 aromatic carbocycles. The predicted molar refractivity (Wildman–Crippen MR) is 76.2 cm³/mol. The highest BCUT2D eigenvalue weighted by atomic mass is 32.2. The van der Waals surface area contributed by atoms with Crippen LogP contribution < -0.4 is 5.73 Å². The van der Waals surface area contributed by atoms with Crippen molar-refractivity contribution in [3.8, 4) is 0 Å². The third-order valence-electron chi connectivity index (χ3n) is 3.32. The summed E-state index contributed by atoms with van der Waals surface area (Å²) in [5.41, 5.74) is 5.42. The van der Waals surface area contributed by atoms with Crippen molar-refractivity contribution in [2.24, 2.45) is 5.73 Å². The average Bonchev–Trinajstić information content (AvgIpc) is 2.30. The number of hydrogen-bond donors (Lipinski definition) is 2. The van der Waals surface area contributed by atoms with Crippen molar-refractivity contribution in [2.75, 3.05) is 6.54 Å². The molecule has 0 saturated heterocycles. The van der Waals surface area contributed by atoms with E-state index in [1.807, 2.05) is 0 Å². The molecule has 1 unspecified atom stereocenters. The summed E-state index contributed by atoms with van der Waals surface area (Å²) < 4.78 is 30.3. The van der Waals surface area contributed by atoms with Gasteiger partial charge >= 0.3 is 0 Å². The van der Waals surface area contributed by atoms with Crippen molar-refractivity contribution in [1.82, 2.24) is 0 Å². The first-order valence-electron chi connectivity index (χ1n) is 7.15. The summed E-state index contributed by atoms with van der Waals surface area (Å²) in [6, 6.07) is 0. The fraction of sp³-hybridized carbons (Fsp3) is 1.00. The summed E-state index contributed by atoms with van der Waals surface area (Å²) in [6.45, 7) is 2.36. The van der Waals surface area contributed by atoms with E-state index in [-0.39, 0.29) is 0 Å². The SMILES string of the molecule is CC(CCCCCCCCCCCN)S(=O)(=O)O. The van der Waals surface area contributed by atoms with Crippen molar-refractivity contribution in [2.45, 2.75) is 76.4 Å². The largest absolute Gasteiger partial charge is 0.330 e. The van der Waals surface area contributed by atoms with Gasteiger partial charge in [0.25, 0.3) is 10.1 Å². The number of unbranched alkanes of at least 4 members (excludes halogenated alkanes) is 8. The summed E-state index contributed by atoms with van der Waals surface area (Å²) in [7, 11) is -3.82. The van der Waals surface area contributed by atoms with E-state index >= 15 is 0 Å². The van der Waals surface area contributed by atoms with E-state index in [2.05, 4.69) is 0 Å². The molecule has 0 aromatic heterocycles. The van der Waals surface area contributed by atoms with Crippen LogP contribution in [0.25, 0.3) is 0 Å². The molecule has 1 atom stereocenters. The van der Waals surface area contributed by atoms with Crippen LogP contribution in [-0.4, -0.2) is 24.8 Å². The van der Waals surface area contributed by atoms with Crippen LogP contribution in [-0.2, 0) is 10.1 Å². The van der Waals surface area contributed by atoms with Crippen molar-refractivity contribution < 1.29 is 13.0 Å². The van der Waals surface area contributed by atoms with Gasteiger partial charge in [0.2, 0.25) is 0 Å². The molecule has 0 rings (SSSR count). The highest BCUT2D eigenvalue weighted by molar-refractivity contribution is 7.86. The van der Waals surface area contributed by atoms with Gasteiger partial charge < -0.3 is 5.73 Å². The monoisotopic (exact) mass is 279 g/mol. The van der Waals surface area contributed by atoms with E-state index < -0.39 is 15.4 Å². The van der Waals surface area contributed by atoms with E-state index in [4.69, 9.17) is 10.3 Å². The van der Waals surface area contributed by atoms with Gasteiger partial charge in [-0.2, -0.15) is 8.42 Å². The standard InChI is InChI=1S/C13H29NO3S/c1-13(18(15,16)17)11-9-7-5-3-2-4-6-8-10-12-14/h13H,2-12,14H2,1H3,(H,15,16,17). The fourth-order valence-corrected chi connectivity index (χ4v) is 2.43. The minimum absolute atomic E-state index is 0.565. The van der Waals surface area contributed by atoms with Gasteiger partial charge in [-0.15, -0.1) is 0 Å². The van der Waals surface area contributed by atoms with Gasteiger partial charge in [0.1, 0.15) is 0 Å². The minimum atomic E-state index is -3.82. The second-order valence-corrected chi connectivity index (χ2v) is 6.92. The van der Waals surface area contributed by atoms with Crippen LogP contribution in [0.4, 0.5) is 0 Å². The van der Waals surface area contributed by atoms with E-state index in [0.29, 0.717) is 6.42 Å². The highest BCUT2D eigenvalue weighted by Crippen LogP contribution is 2.13. The molecular formula is C13H29NO3S. The van der Waals surface area contributed by atoms with E-state index in [1.165, 1.54) is 32.1 Å². The van der Waals surface area contributed by atoms with Crippen molar-refractivity contribution in [3.05, 3.63) is 0 Å². The first kappa shape index (κ1) is 17.9. The molecule has 5 heteroatoms. The maximum atomic E-state index is 10.8. The molecule has 0 spiro atoms. The molecule has 110 valence electrons. The molecule has 3 N–H and O–H groups in total. The molecule has 0 radical (unpaired) electrons. The zero-order chi connectivity index (χ0) is 13.9. The Morgan fingerprint density at radius 2 is 1.28 bits per heavy atom. The van der Waals surface area contributed by atoms with Gasteiger partial charge in [0.15, 0.2) is 0 Å². The molecule has 0 heterocycles. The lowest BCUT2D eigenvalue weighted by atomic mass is 10.1.